The van der Waals surface area contributed by atoms with Crippen molar-refractivity contribution in [2.75, 3.05) is 18.1 Å². The minimum atomic E-state index is -3.26. The normalized spacial score (nSPS) is 16.3. The Balaban J connectivity index is 1.91. The number of nitrogens with one attached hydrogen (secondary N) is 1. The van der Waals surface area contributed by atoms with Crippen molar-refractivity contribution < 1.29 is 13.2 Å². The first kappa shape index (κ1) is 16.0. The molecule has 1 aromatic carbocycles. The van der Waals surface area contributed by atoms with Crippen molar-refractivity contribution in [3.8, 4) is 0 Å². The number of hydrogen-bond acceptors (Lipinski definition) is 3. The lowest BCUT2D eigenvalue weighted by atomic mass is 10.2. The predicted molar refractivity (Wildman–Crippen MR) is 83.5 cm³/mol. The van der Waals surface area contributed by atoms with Gasteiger partial charge in [-0.25, -0.2) is 8.42 Å². The Kier molecular flexibility index (Phi) is 5.36. The number of rotatable bonds is 6. The van der Waals surface area contributed by atoms with E-state index in [2.05, 4.69) is 5.32 Å². The van der Waals surface area contributed by atoms with Gasteiger partial charge in [-0.2, -0.15) is 4.31 Å². The summed E-state index contributed by atoms with van der Waals surface area (Å²) in [6.07, 6.45) is 5.32. The van der Waals surface area contributed by atoms with E-state index in [0.29, 0.717) is 0 Å². The number of benzene rings is 1. The molecule has 2 rings (SSSR count). The molecule has 0 unspecified atom stereocenters. The van der Waals surface area contributed by atoms with E-state index in [4.69, 9.17) is 0 Å². The molecular formula is C15H22N2O3S. The van der Waals surface area contributed by atoms with E-state index in [-0.39, 0.29) is 24.9 Å². The first-order valence-corrected chi connectivity index (χ1v) is 9.13. The molecule has 1 amide bonds. The molecule has 1 N–H and O–H groups in total. The lowest BCUT2D eigenvalue weighted by molar-refractivity contribution is -0.116. The van der Waals surface area contributed by atoms with Gasteiger partial charge in [0, 0.05) is 24.7 Å². The summed E-state index contributed by atoms with van der Waals surface area (Å²) in [5.41, 5.74) is 0.731. The molecule has 116 valence electrons. The molecule has 0 aliphatic heterocycles. The molecule has 0 radical (unpaired) electrons. The predicted octanol–water partition coefficient (Wildman–Crippen LogP) is 2.22. The van der Waals surface area contributed by atoms with Crippen molar-refractivity contribution in [2.24, 2.45) is 0 Å². The summed E-state index contributed by atoms with van der Waals surface area (Å²) in [4.78, 5) is 11.9. The molecule has 1 aromatic rings. The van der Waals surface area contributed by atoms with E-state index in [1.807, 2.05) is 30.3 Å². The van der Waals surface area contributed by atoms with Gasteiger partial charge in [-0.15, -0.1) is 0 Å². The number of carbonyl (C=O) groups is 1. The Morgan fingerprint density at radius 1 is 1.24 bits per heavy atom. The Morgan fingerprint density at radius 2 is 1.86 bits per heavy atom. The van der Waals surface area contributed by atoms with Gasteiger partial charge in [0.1, 0.15) is 0 Å². The van der Waals surface area contributed by atoms with E-state index in [1.54, 1.807) is 0 Å². The van der Waals surface area contributed by atoms with E-state index in [0.717, 1.165) is 31.4 Å². The summed E-state index contributed by atoms with van der Waals surface area (Å²) >= 11 is 0. The lowest BCUT2D eigenvalue weighted by Crippen LogP contribution is -2.39. The molecule has 0 bridgehead atoms. The van der Waals surface area contributed by atoms with Crippen molar-refractivity contribution in [2.45, 2.75) is 38.1 Å². The monoisotopic (exact) mass is 310 g/mol. The van der Waals surface area contributed by atoms with Crippen LogP contribution in [-0.2, 0) is 14.8 Å². The number of nitrogens with zero attached hydrogens (tertiary/aromatic N) is 1. The number of anilines is 1. The molecule has 0 spiro atoms. The van der Waals surface area contributed by atoms with Crippen LogP contribution in [0.4, 0.5) is 5.69 Å². The minimum absolute atomic E-state index is 0.0597. The van der Waals surface area contributed by atoms with Crippen LogP contribution in [-0.4, -0.2) is 37.5 Å². The molecule has 6 heteroatoms. The fraction of sp³-hybridized carbons (Fsp3) is 0.533. The second kappa shape index (κ2) is 7.04. The molecule has 5 nitrogen and oxygen atoms in total. The molecule has 1 aliphatic rings. The first-order chi connectivity index (χ1) is 9.97. The number of carbonyl (C=O) groups excluding carboxylic acids is 1. The summed E-state index contributed by atoms with van der Waals surface area (Å²) in [7, 11) is -3.26. The smallest absolute Gasteiger partial charge is 0.225 e. The van der Waals surface area contributed by atoms with Crippen LogP contribution >= 0.6 is 0 Å². The third-order valence-electron chi connectivity index (χ3n) is 3.77. The molecular weight excluding hydrogens is 288 g/mol. The molecule has 1 fully saturated rings. The fourth-order valence-electron chi connectivity index (χ4n) is 2.77. The Hall–Kier alpha value is -1.40. The Morgan fingerprint density at radius 3 is 2.43 bits per heavy atom. The van der Waals surface area contributed by atoms with Crippen LogP contribution in [0.1, 0.15) is 32.1 Å². The standard InChI is InChI=1S/C15H22N2O3S/c1-21(19,20)17(14-9-5-6-10-14)12-11-15(18)16-13-7-3-2-4-8-13/h2-4,7-8,14H,5-6,9-12H2,1H3,(H,16,18). The van der Waals surface area contributed by atoms with E-state index < -0.39 is 10.0 Å². The van der Waals surface area contributed by atoms with Crippen LogP contribution in [0.25, 0.3) is 0 Å². The molecule has 1 saturated carbocycles. The lowest BCUT2D eigenvalue weighted by Gasteiger charge is -2.26. The number of amides is 1. The van der Waals surface area contributed by atoms with Gasteiger partial charge in [0.2, 0.25) is 15.9 Å². The van der Waals surface area contributed by atoms with Crippen molar-refractivity contribution in [3.05, 3.63) is 30.3 Å². The number of hydrogen-bond donors (Lipinski definition) is 1. The van der Waals surface area contributed by atoms with Gasteiger partial charge < -0.3 is 5.32 Å². The van der Waals surface area contributed by atoms with Crippen LogP contribution in [0.3, 0.4) is 0 Å². The molecule has 0 atom stereocenters. The van der Waals surface area contributed by atoms with Crippen LogP contribution in [0.2, 0.25) is 0 Å². The average molecular weight is 310 g/mol. The average Bonchev–Trinajstić information content (AvgIpc) is 2.92. The summed E-state index contributed by atoms with van der Waals surface area (Å²) in [6.45, 7) is 0.252. The van der Waals surface area contributed by atoms with Crippen LogP contribution < -0.4 is 5.32 Å². The molecule has 0 aromatic heterocycles. The zero-order chi connectivity index (χ0) is 15.3. The molecule has 1 aliphatic carbocycles. The first-order valence-electron chi connectivity index (χ1n) is 7.28. The fourth-order valence-corrected chi connectivity index (χ4v) is 3.94. The Labute approximate surface area is 126 Å². The second-order valence-corrected chi connectivity index (χ2v) is 7.41. The van der Waals surface area contributed by atoms with E-state index in [1.165, 1.54) is 10.6 Å². The van der Waals surface area contributed by atoms with Crippen LogP contribution in [0.15, 0.2) is 30.3 Å². The summed E-state index contributed by atoms with van der Waals surface area (Å²) in [5, 5.41) is 2.78. The quantitative estimate of drug-likeness (QED) is 0.876. The molecule has 0 heterocycles. The van der Waals surface area contributed by atoms with E-state index >= 15 is 0 Å². The van der Waals surface area contributed by atoms with Crippen molar-refractivity contribution in [1.82, 2.24) is 4.31 Å². The maximum Gasteiger partial charge on any atom is 0.225 e. The van der Waals surface area contributed by atoms with Crippen molar-refractivity contribution in [1.29, 1.82) is 0 Å². The number of para-hydroxylation sites is 1. The van der Waals surface area contributed by atoms with Gasteiger partial charge in [0.25, 0.3) is 0 Å². The third-order valence-corrected chi connectivity index (χ3v) is 5.11. The number of sulfonamides is 1. The summed E-state index contributed by atoms with van der Waals surface area (Å²) < 4.78 is 25.3. The highest BCUT2D eigenvalue weighted by molar-refractivity contribution is 7.88. The summed E-state index contributed by atoms with van der Waals surface area (Å²) in [6, 6.07) is 9.24. The van der Waals surface area contributed by atoms with Gasteiger partial charge in [0.05, 0.1) is 6.26 Å². The van der Waals surface area contributed by atoms with Crippen molar-refractivity contribution >= 4 is 21.6 Å². The zero-order valence-electron chi connectivity index (χ0n) is 12.3. The van der Waals surface area contributed by atoms with Crippen LogP contribution in [0.5, 0.6) is 0 Å². The molecule has 21 heavy (non-hydrogen) atoms. The highest BCUT2D eigenvalue weighted by Gasteiger charge is 2.29. The van der Waals surface area contributed by atoms with Gasteiger partial charge in [-0.1, -0.05) is 31.0 Å². The minimum Gasteiger partial charge on any atom is -0.326 e. The maximum absolute atomic E-state index is 11.9. The zero-order valence-corrected chi connectivity index (χ0v) is 13.1. The topological polar surface area (TPSA) is 66.5 Å². The SMILES string of the molecule is CS(=O)(=O)N(CCC(=O)Nc1ccccc1)C1CCCC1. The summed E-state index contributed by atoms with van der Waals surface area (Å²) in [5.74, 6) is -0.159. The van der Waals surface area contributed by atoms with Crippen LogP contribution in [0, 0.1) is 0 Å². The van der Waals surface area contributed by atoms with Gasteiger partial charge in [0.15, 0.2) is 0 Å². The van der Waals surface area contributed by atoms with E-state index in [9.17, 15) is 13.2 Å². The maximum atomic E-state index is 11.9. The van der Waals surface area contributed by atoms with Gasteiger partial charge in [-0.3, -0.25) is 4.79 Å². The highest BCUT2D eigenvalue weighted by Crippen LogP contribution is 2.25. The van der Waals surface area contributed by atoms with Crippen molar-refractivity contribution in [3.63, 3.8) is 0 Å². The van der Waals surface area contributed by atoms with Gasteiger partial charge >= 0.3 is 0 Å². The Bertz CT molecular complexity index is 566. The highest BCUT2D eigenvalue weighted by atomic mass is 32.2. The third kappa shape index (κ3) is 4.82. The van der Waals surface area contributed by atoms with Gasteiger partial charge in [-0.05, 0) is 25.0 Å². The second-order valence-electron chi connectivity index (χ2n) is 5.48. The molecule has 0 saturated heterocycles. The largest absolute Gasteiger partial charge is 0.326 e.